The van der Waals surface area contributed by atoms with E-state index in [-0.39, 0.29) is 6.61 Å². The Morgan fingerprint density at radius 2 is 2.29 bits per heavy atom. The van der Waals surface area contributed by atoms with Gasteiger partial charge in [0.05, 0.1) is 6.61 Å². The van der Waals surface area contributed by atoms with E-state index in [9.17, 15) is 5.11 Å². The summed E-state index contributed by atoms with van der Waals surface area (Å²) in [5.41, 5.74) is 2.16. The van der Waals surface area contributed by atoms with Crippen LogP contribution >= 0.6 is 45.5 Å². The second-order valence-electron chi connectivity index (χ2n) is 2.95. The largest absolute Gasteiger partial charge is 0.392 e. The molecule has 0 unspecified atom stereocenters. The Morgan fingerprint density at radius 1 is 1.50 bits per heavy atom. The van der Waals surface area contributed by atoms with Crippen LogP contribution in [0, 0.1) is 3.57 Å². The van der Waals surface area contributed by atoms with E-state index in [4.69, 9.17) is 11.6 Å². The van der Waals surface area contributed by atoms with Gasteiger partial charge in [-0.2, -0.15) is 0 Å². The lowest BCUT2D eigenvalue weighted by Gasteiger charge is -2.06. The predicted molar refractivity (Wildman–Crippen MR) is 70.0 cm³/mol. The third-order valence-corrected chi connectivity index (χ3v) is 4.40. The van der Waals surface area contributed by atoms with Gasteiger partial charge in [0.25, 0.3) is 0 Å². The van der Waals surface area contributed by atoms with E-state index in [1.165, 1.54) is 5.39 Å². The molecule has 2 rings (SSSR count). The molecule has 0 aliphatic heterocycles. The summed E-state index contributed by atoms with van der Waals surface area (Å²) in [7, 11) is 0. The lowest BCUT2D eigenvalue weighted by Crippen LogP contribution is -1.91. The number of fused-ring (bicyclic) bond motifs is 1. The van der Waals surface area contributed by atoms with E-state index in [2.05, 4.69) is 28.7 Å². The SMILES string of the molecule is OCc1c(I)cc(CCl)c2ccsc12. The maximum Gasteiger partial charge on any atom is 0.0706 e. The fourth-order valence-electron chi connectivity index (χ4n) is 1.48. The Bertz CT molecular complexity index is 466. The van der Waals surface area contributed by atoms with Gasteiger partial charge in [0, 0.05) is 19.7 Å². The highest BCUT2D eigenvalue weighted by Crippen LogP contribution is 2.32. The number of hydrogen-bond donors (Lipinski definition) is 1. The third kappa shape index (κ3) is 1.66. The van der Waals surface area contributed by atoms with Crippen LogP contribution in [0.4, 0.5) is 0 Å². The van der Waals surface area contributed by atoms with Gasteiger partial charge in [-0.15, -0.1) is 22.9 Å². The maximum atomic E-state index is 9.27. The first-order chi connectivity index (χ1) is 6.77. The van der Waals surface area contributed by atoms with Crippen molar-refractivity contribution in [2.75, 3.05) is 0 Å². The molecule has 0 atom stereocenters. The van der Waals surface area contributed by atoms with Crippen molar-refractivity contribution in [3.05, 3.63) is 32.2 Å². The Labute approximate surface area is 105 Å². The van der Waals surface area contributed by atoms with Crippen LogP contribution in [0.25, 0.3) is 10.1 Å². The number of aliphatic hydroxyl groups is 1. The van der Waals surface area contributed by atoms with Crippen molar-refractivity contribution in [3.63, 3.8) is 0 Å². The minimum atomic E-state index is 0.0951. The highest BCUT2D eigenvalue weighted by Gasteiger charge is 2.10. The highest BCUT2D eigenvalue weighted by atomic mass is 127. The van der Waals surface area contributed by atoms with Gasteiger partial charge >= 0.3 is 0 Å². The molecule has 0 saturated heterocycles. The summed E-state index contributed by atoms with van der Waals surface area (Å²) in [4.78, 5) is 0. The molecule has 0 saturated carbocycles. The summed E-state index contributed by atoms with van der Waals surface area (Å²) < 4.78 is 2.26. The Balaban J connectivity index is 2.81. The number of benzene rings is 1. The molecule has 1 N–H and O–H groups in total. The first-order valence-electron chi connectivity index (χ1n) is 4.12. The molecule has 0 fully saturated rings. The monoisotopic (exact) mass is 338 g/mol. The predicted octanol–water partition coefficient (Wildman–Crippen LogP) is 3.74. The first kappa shape index (κ1) is 10.7. The lowest BCUT2D eigenvalue weighted by molar-refractivity contribution is 0.282. The summed E-state index contributed by atoms with van der Waals surface area (Å²) in [6.07, 6.45) is 0. The van der Waals surface area contributed by atoms with E-state index in [1.54, 1.807) is 11.3 Å². The summed E-state index contributed by atoms with van der Waals surface area (Å²) in [6.45, 7) is 0.0951. The van der Waals surface area contributed by atoms with E-state index < -0.39 is 0 Å². The highest BCUT2D eigenvalue weighted by molar-refractivity contribution is 14.1. The molecule has 0 amide bonds. The van der Waals surface area contributed by atoms with Gasteiger partial charge in [-0.1, -0.05) is 0 Å². The molecule has 0 aliphatic rings. The van der Waals surface area contributed by atoms with Crippen LogP contribution in [0.2, 0.25) is 0 Å². The number of halogens is 2. The van der Waals surface area contributed by atoms with Crippen molar-refractivity contribution in [1.82, 2.24) is 0 Å². The van der Waals surface area contributed by atoms with Crippen LogP contribution in [0.5, 0.6) is 0 Å². The van der Waals surface area contributed by atoms with Gasteiger partial charge in [-0.3, -0.25) is 0 Å². The van der Waals surface area contributed by atoms with Gasteiger partial charge in [0.15, 0.2) is 0 Å². The van der Waals surface area contributed by atoms with Crippen LogP contribution in [-0.4, -0.2) is 5.11 Å². The average Bonchev–Trinajstić information content (AvgIpc) is 2.65. The van der Waals surface area contributed by atoms with Crippen molar-refractivity contribution in [1.29, 1.82) is 0 Å². The standard InChI is InChI=1S/C10H8ClIOS/c11-4-6-3-9(12)8(5-13)10-7(6)1-2-14-10/h1-3,13H,4-5H2. The summed E-state index contributed by atoms with van der Waals surface area (Å²) in [6, 6.07) is 4.11. The fourth-order valence-corrected chi connectivity index (χ4v) is 3.68. The zero-order chi connectivity index (χ0) is 10.1. The van der Waals surface area contributed by atoms with Crippen molar-refractivity contribution in [3.8, 4) is 0 Å². The number of rotatable bonds is 2. The number of thiophene rings is 1. The van der Waals surface area contributed by atoms with Gasteiger partial charge < -0.3 is 5.11 Å². The molecule has 2 aromatic rings. The van der Waals surface area contributed by atoms with E-state index in [0.29, 0.717) is 5.88 Å². The minimum Gasteiger partial charge on any atom is -0.392 e. The molecule has 0 aliphatic carbocycles. The maximum absolute atomic E-state index is 9.27. The average molecular weight is 339 g/mol. The number of alkyl halides is 1. The molecule has 1 nitrogen and oxygen atoms in total. The normalized spacial score (nSPS) is 11.1. The lowest BCUT2D eigenvalue weighted by atomic mass is 10.1. The summed E-state index contributed by atoms with van der Waals surface area (Å²) in [5.74, 6) is 0.523. The van der Waals surface area contributed by atoms with Gasteiger partial charge in [-0.25, -0.2) is 0 Å². The number of aliphatic hydroxyl groups excluding tert-OH is 1. The summed E-state index contributed by atoms with van der Waals surface area (Å²) in [5, 5.41) is 12.5. The zero-order valence-electron chi connectivity index (χ0n) is 7.26. The van der Waals surface area contributed by atoms with Crippen LogP contribution in [0.15, 0.2) is 17.5 Å². The van der Waals surface area contributed by atoms with Crippen molar-refractivity contribution >= 4 is 55.6 Å². The third-order valence-electron chi connectivity index (χ3n) is 2.18. The fraction of sp³-hybridized carbons (Fsp3) is 0.200. The molecule has 74 valence electrons. The van der Waals surface area contributed by atoms with Crippen molar-refractivity contribution < 1.29 is 5.11 Å². The van der Waals surface area contributed by atoms with Gasteiger partial charge in [0.2, 0.25) is 0 Å². The summed E-state index contributed by atoms with van der Waals surface area (Å²) >= 11 is 9.77. The Morgan fingerprint density at radius 3 is 2.93 bits per heavy atom. The molecule has 14 heavy (non-hydrogen) atoms. The quantitative estimate of drug-likeness (QED) is 0.653. The smallest absolute Gasteiger partial charge is 0.0706 e. The van der Waals surface area contributed by atoms with Crippen LogP contribution in [-0.2, 0) is 12.5 Å². The zero-order valence-corrected chi connectivity index (χ0v) is 11.0. The molecule has 1 aromatic heterocycles. The molecular weight excluding hydrogens is 331 g/mol. The minimum absolute atomic E-state index is 0.0951. The van der Waals surface area contributed by atoms with E-state index >= 15 is 0 Å². The second-order valence-corrected chi connectivity index (χ2v) is 5.30. The Kier molecular flexibility index (Phi) is 3.31. The molecular formula is C10H8ClIOS. The van der Waals surface area contributed by atoms with Crippen LogP contribution < -0.4 is 0 Å². The number of hydrogen-bond acceptors (Lipinski definition) is 2. The van der Waals surface area contributed by atoms with E-state index in [0.717, 1.165) is 19.4 Å². The second kappa shape index (κ2) is 4.35. The molecule has 0 bridgehead atoms. The van der Waals surface area contributed by atoms with Gasteiger partial charge in [-0.05, 0) is 51.1 Å². The van der Waals surface area contributed by atoms with Crippen molar-refractivity contribution in [2.24, 2.45) is 0 Å². The molecule has 1 heterocycles. The topological polar surface area (TPSA) is 20.2 Å². The van der Waals surface area contributed by atoms with Crippen LogP contribution in [0.3, 0.4) is 0 Å². The van der Waals surface area contributed by atoms with E-state index in [1.807, 2.05) is 11.4 Å². The molecule has 0 radical (unpaired) electrons. The van der Waals surface area contributed by atoms with Gasteiger partial charge in [0.1, 0.15) is 0 Å². The Hall–Kier alpha value is 0.160. The molecule has 1 aromatic carbocycles. The van der Waals surface area contributed by atoms with Crippen molar-refractivity contribution in [2.45, 2.75) is 12.5 Å². The first-order valence-corrected chi connectivity index (χ1v) is 6.61. The molecule has 4 heteroatoms. The molecule has 0 spiro atoms. The van der Waals surface area contributed by atoms with Crippen LogP contribution in [0.1, 0.15) is 11.1 Å².